The lowest BCUT2D eigenvalue weighted by molar-refractivity contribution is 0.112. The van der Waals surface area contributed by atoms with Crippen molar-refractivity contribution in [1.82, 2.24) is 0 Å². The third-order valence-electron chi connectivity index (χ3n) is 3.15. The van der Waals surface area contributed by atoms with Crippen LogP contribution in [-0.2, 0) is 4.74 Å². The third-order valence-corrected chi connectivity index (χ3v) is 3.38. The van der Waals surface area contributed by atoms with Crippen LogP contribution in [0.2, 0.25) is 5.02 Å². The monoisotopic (exact) mass is 253 g/mol. The van der Waals surface area contributed by atoms with Gasteiger partial charge in [0.05, 0.1) is 6.61 Å². The van der Waals surface area contributed by atoms with Gasteiger partial charge in [0, 0.05) is 42.4 Å². The quantitative estimate of drug-likeness (QED) is 0.773. The number of anilines is 1. The summed E-state index contributed by atoms with van der Waals surface area (Å²) < 4.78 is 5.17. The van der Waals surface area contributed by atoms with Gasteiger partial charge in [-0.2, -0.15) is 0 Å². The Kier molecular flexibility index (Phi) is 4.02. The van der Waals surface area contributed by atoms with Crippen LogP contribution in [0, 0.1) is 5.92 Å². The van der Waals surface area contributed by atoms with Crippen molar-refractivity contribution >= 4 is 23.6 Å². The summed E-state index contributed by atoms with van der Waals surface area (Å²) in [7, 11) is 1.72. The highest BCUT2D eigenvalue weighted by atomic mass is 35.5. The summed E-state index contributed by atoms with van der Waals surface area (Å²) in [5.74, 6) is 0.551. The molecule has 0 bridgehead atoms. The topological polar surface area (TPSA) is 29.5 Å². The average molecular weight is 254 g/mol. The van der Waals surface area contributed by atoms with Gasteiger partial charge >= 0.3 is 0 Å². The van der Waals surface area contributed by atoms with Crippen LogP contribution in [0.3, 0.4) is 0 Å². The zero-order valence-electron chi connectivity index (χ0n) is 9.86. The Hall–Kier alpha value is -1.06. The van der Waals surface area contributed by atoms with Crippen LogP contribution in [0.25, 0.3) is 0 Å². The molecule has 1 aromatic rings. The molecule has 0 aromatic heterocycles. The van der Waals surface area contributed by atoms with Gasteiger partial charge in [0.25, 0.3) is 0 Å². The number of ether oxygens (including phenoxy) is 1. The van der Waals surface area contributed by atoms with E-state index in [-0.39, 0.29) is 0 Å². The summed E-state index contributed by atoms with van der Waals surface area (Å²) in [6, 6.07) is 5.46. The van der Waals surface area contributed by atoms with Crippen LogP contribution in [0.15, 0.2) is 18.2 Å². The van der Waals surface area contributed by atoms with Crippen LogP contribution in [0.4, 0.5) is 5.69 Å². The predicted octanol–water partition coefficient (Wildman–Crippen LogP) is 2.63. The molecule has 0 aliphatic carbocycles. The van der Waals surface area contributed by atoms with Gasteiger partial charge < -0.3 is 9.64 Å². The molecule has 1 saturated heterocycles. The minimum Gasteiger partial charge on any atom is -0.384 e. The summed E-state index contributed by atoms with van der Waals surface area (Å²) in [4.78, 5) is 13.3. The Balaban J connectivity index is 2.15. The van der Waals surface area contributed by atoms with E-state index in [0.29, 0.717) is 16.5 Å². The molecule has 0 amide bonds. The minimum absolute atomic E-state index is 0.551. The zero-order valence-corrected chi connectivity index (χ0v) is 10.6. The second-order valence-electron chi connectivity index (χ2n) is 4.38. The number of aldehydes is 1. The van der Waals surface area contributed by atoms with E-state index in [0.717, 1.165) is 38.1 Å². The molecule has 1 heterocycles. The fraction of sp³-hybridized carbons (Fsp3) is 0.462. The van der Waals surface area contributed by atoms with Crippen LogP contribution in [0.5, 0.6) is 0 Å². The van der Waals surface area contributed by atoms with E-state index in [1.54, 1.807) is 13.2 Å². The summed E-state index contributed by atoms with van der Waals surface area (Å²) >= 11 is 5.88. The first kappa shape index (κ1) is 12.4. The van der Waals surface area contributed by atoms with Crippen molar-refractivity contribution in [3.8, 4) is 0 Å². The second kappa shape index (κ2) is 5.52. The van der Waals surface area contributed by atoms with E-state index in [2.05, 4.69) is 4.90 Å². The molecule has 1 unspecified atom stereocenters. The van der Waals surface area contributed by atoms with E-state index in [1.807, 2.05) is 12.1 Å². The Morgan fingerprint density at radius 2 is 2.41 bits per heavy atom. The van der Waals surface area contributed by atoms with E-state index >= 15 is 0 Å². The van der Waals surface area contributed by atoms with Gasteiger partial charge in [0.2, 0.25) is 0 Å². The van der Waals surface area contributed by atoms with Gasteiger partial charge in [-0.15, -0.1) is 0 Å². The number of carbonyl (C=O) groups excluding carboxylic acids is 1. The fourth-order valence-corrected chi connectivity index (χ4v) is 2.51. The molecule has 1 atom stereocenters. The lowest BCUT2D eigenvalue weighted by Crippen LogP contribution is -2.22. The minimum atomic E-state index is 0.551. The standard InChI is InChI=1S/C13H16ClNO2/c1-17-9-10-4-5-15(7-10)13-3-2-12(14)6-11(13)8-16/h2-3,6,8,10H,4-5,7,9H2,1H3. The summed E-state index contributed by atoms with van der Waals surface area (Å²) in [5.41, 5.74) is 1.64. The van der Waals surface area contributed by atoms with Gasteiger partial charge in [-0.3, -0.25) is 4.79 Å². The molecule has 17 heavy (non-hydrogen) atoms. The van der Waals surface area contributed by atoms with Crippen molar-refractivity contribution in [3.05, 3.63) is 28.8 Å². The zero-order chi connectivity index (χ0) is 12.3. The average Bonchev–Trinajstić information content (AvgIpc) is 2.78. The number of halogens is 1. The lowest BCUT2D eigenvalue weighted by atomic mass is 10.1. The van der Waals surface area contributed by atoms with Gasteiger partial charge in [-0.25, -0.2) is 0 Å². The summed E-state index contributed by atoms with van der Waals surface area (Å²) in [6.45, 7) is 2.69. The molecule has 1 fully saturated rings. The van der Waals surface area contributed by atoms with Gasteiger partial charge in [-0.1, -0.05) is 11.6 Å². The molecule has 1 aliphatic heterocycles. The summed E-state index contributed by atoms with van der Waals surface area (Å²) in [6.07, 6.45) is 1.97. The Morgan fingerprint density at radius 3 is 3.12 bits per heavy atom. The number of methoxy groups -OCH3 is 1. The van der Waals surface area contributed by atoms with Crippen molar-refractivity contribution < 1.29 is 9.53 Å². The number of benzene rings is 1. The highest BCUT2D eigenvalue weighted by Crippen LogP contribution is 2.28. The Morgan fingerprint density at radius 1 is 1.59 bits per heavy atom. The normalized spacial score (nSPS) is 19.6. The van der Waals surface area contributed by atoms with Gasteiger partial charge in [0.1, 0.15) is 0 Å². The Bertz CT molecular complexity index is 408. The second-order valence-corrected chi connectivity index (χ2v) is 4.81. The first-order chi connectivity index (χ1) is 8.24. The van der Waals surface area contributed by atoms with Crippen molar-refractivity contribution in [2.75, 3.05) is 31.7 Å². The third kappa shape index (κ3) is 2.79. The van der Waals surface area contributed by atoms with Crippen LogP contribution < -0.4 is 4.90 Å². The summed E-state index contributed by atoms with van der Waals surface area (Å²) in [5, 5.41) is 0.600. The maximum atomic E-state index is 11.0. The van der Waals surface area contributed by atoms with E-state index < -0.39 is 0 Å². The van der Waals surface area contributed by atoms with Crippen LogP contribution in [-0.4, -0.2) is 33.1 Å². The maximum Gasteiger partial charge on any atom is 0.152 e. The first-order valence-electron chi connectivity index (χ1n) is 5.73. The van der Waals surface area contributed by atoms with Gasteiger partial charge in [0.15, 0.2) is 6.29 Å². The number of hydrogen-bond acceptors (Lipinski definition) is 3. The van der Waals surface area contributed by atoms with Crippen molar-refractivity contribution in [2.24, 2.45) is 5.92 Å². The van der Waals surface area contributed by atoms with Gasteiger partial charge in [-0.05, 0) is 24.6 Å². The number of nitrogens with zero attached hydrogens (tertiary/aromatic N) is 1. The number of carbonyl (C=O) groups is 1. The molecular formula is C13H16ClNO2. The van der Waals surface area contributed by atoms with Crippen molar-refractivity contribution in [3.63, 3.8) is 0 Å². The Labute approximate surface area is 106 Å². The lowest BCUT2D eigenvalue weighted by Gasteiger charge is -2.20. The highest BCUT2D eigenvalue weighted by molar-refractivity contribution is 6.31. The molecule has 3 nitrogen and oxygen atoms in total. The molecule has 0 spiro atoms. The molecular weight excluding hydrogens is 238 g/mol. The van der Waals surface area contributed by atoms with E-state index in [1.165, 1.54) is 0 Å². The molecule has 0 radical (unpaired) electrons. The first-order valence-corrected chi connectivity index (χ1v) is 6.11. The molecule has 4 heteroatoms. The van der Waals surface area contributed by atoms with Crippen LogP contribution >= 0.6 is 11.6 Å². The largest absolute Gasteiger partial charge is 0.384 e. The molecule has 92 valence electrons. The maximum absolute atomic E-state index is 11.0. The molecule has 0 N–H and O–H groups in total. The molecule has 1 aliphatic rings. The van der Waals surface area contributed by atoms with E-state index in [4.69, 9.17) is 16.3 Å². The number of hydrogen-bond donors (Lipinski definition) is 0. The van der Waals surface area contributed by atoms with E-state index in [9.17, 15) is 4.79 Å². The SMILES string of the molecule is COCC1CCN(c2ccc(Cl)cc2C=O)C1. The molecule has 2 rings (SSSR count). The number of rotatable bonds is 4. The van der Waals surface area contributed by atoms with Crippen LogP contribution in [0.1, 0.15) is 16.8 Å². The molecule has 0 saturated carbocycles. The highest BCUT2D eigenvalue weighted by Gasteiger charge is 2.24. The smallest absolute Gasteiger partial charge is 0.152 e. The van der Waals surface area contributed by atoms with Crippen molar-refractivity contribution in [2.45, 2.75) is 6.42 Å². The fourth-order valence-electron chi connectivity index (χ4n) is 2.33. The molecule has 1 aromatic carbocycles. The predicted molar refractivity (Wildman–Crippen MR) is 69.0 cm³/mol. The van der Waals surface area contributed by atoms with Crippen molar-refractivity contribution in [1.29, 1.82) is 0 Å².